The lowest BCUT2D eigenvalue weighted by Gasteiger charge is -2.21. The average Bonchev–Trinajstić information content (AvgIpc) is 2.91. The van der Waals surface area contributed by atoms with Gasteiger partial charge in [0.15, 0.2) is 0 Å². The highest BCUT2D eigenvalue weighted by Crippen LogP contribution is 2.23. The molecule has 4 nitrogen and oxygen atoms in total. The molecule has 0 aliphatic rings. The molecule has 2 rings (SSSR count). The number of hydrogen-bond donors (Lipinski definition) is 1. The van der Waals surface area contributed by atoms with Gasteiger partial charge in [-0.25, -0.2) is 4.39 Å². The summed E-state index contributed by atoms with van der Waals surface area (Å²) in [7, 11) is 0. The molecular formula is C14H19FN4S. The van der Waals surface area contributed by atoms with Gasteiger partial charge in [0, 0.05) is 13.1 Å². The van der Waals surface area contributed by atoms with Crippen LogP contribution in [0.4, 0.5) is 15.2 Å². The number of hydrogen-bond acceptors (Lipinski definition) is 5. The molecule has 0 saturated carbocycles. The third kappa shape index (κ3) is 3.66. The zero-order valence-electron chi connectivity index (χ0n) is 11.8. The molecule has 0 saturated heterocycles. The summed E-state index contributed by atoms with van der Waals surface area (Å²) in [5.41, 5.74) is 0.605. The molecule has 0 amide bonds. The molecular weight excluding hydrogens is 275 g/mol. The van der Waals surface area contributed by atoms with E-state index in [0.717, 1.165) is 29.6 Å². The van der Waals surface area contributed by atoms with Crippen molar-refractivity contribution in [2.75, 3.05) is 23.3 Å². The second-order valence-corrected chi connectivity index (χ2v) is 5.46. The molecule has 0 atom stereocenters. The van der Waals surface area contributed by atoms with E-state index in [9.17, 15) is 4.39 Å². The maximum atomic E-state index is 13.8. The standard InChI is InChI=1S/C14H19FN4S/c1-3-9-16-14-18-17-13(20-14)10-19(4-2)12-8-6-5-7-11(12)15/h5-8H,3-4,9-10H2,1-2H3,(H,16,18). The zero-order valence-corrected chi connectivity index (χ0v) is 12.6. The number of para-hydroxylation sites is 1. The van der Waals surface area contributed by atoms with Crippen LogP contribution in [-0.4, -0.2) is 23.3 Å². The molecule has 1 heterocycles. The Morgan fingerprint density at radius 2 is 2.05 bits per heavy atom. The van der Waals surface area contributed by atoms with E-state index in [4.69, 9.17) is 0 Å². The maximum Gasteiger partial charge on any atom is 0.205 e. The molecule has 0 aliphatic heterocycles. The number of halogens is 1. The lowest BCUT2D eigenvalue weighted by atomic mass is 10.2. The van der Waals surface area contributed by atoms with E-state index < -0.39 is 0 Å². The minimum atomic E-state index is -0.205. The molecule has 1 aromatic carbocycles. The van der Waals surface area contributed by atoms with Crippen LogP contribution in [0.2, 0.25) is 0 Å². The Morgan fingerprint density at radius 3 is 2.75 bits per heavy atom. The van der Waals surface area contributed by atoms with Crippen molar-refractivity contribution in [2.24, 2.45) is 0 Å². The highest BCUT2D eigenvalue weighted by atomic mass is 32.1. The largest absolute Gasteiger partial charge is 0.363 e. The molecule has 6 heteroatoms. The first-order valence-corrected chi connectivity index (χ1v) is 7.62. The quantitative estimate of drug-likeness (QED) is 0.848. The van der Waals surface area contributed by atoms with Gasteiger partial charge in [0.2, 0.25) is 5.13 Å². The molecule has 0 spiro atoms. The topological polar surface area (TPSA) is 41.1 Å². The monoisotopic (exact) mass is 294 g/mol. The van der Waals surface area contributed by atoms with Gasteiger partial charge in [0.25, 0.3) is 0 Å². The molecule has 2 aromatic rings. The van der Waals surface area contributed by atoms with Gasteiger partial charge in [-0.1, -0.05) is 30.4 Å². The van der Waals surface area contributed by atoms with Crippen molar-refractivity contribution in [3.8, 4) is 0 Å². The highest BCUT2D eigenvalue weighted by Gasteiger charge is 2.12. The van der Waals surface area contributed by atoms with Crippen molar-refractivity contribution in [3.05, 3.63) is 35.1 Å². The van der Waals surface area contributed by atoms with Gasteiger partial charge in [0.1, 0.15) is 10.8 Å². The summed E-state index contributed by atoms with van der Waals surface area (Å²) < 4.78 is 13.8. The highest BCUT2D eigenvalue weighted by molar-refractivity contribution is 7.15. The van der Waals surface area contributed by atoms with Crippen molar-refractivity contribution in [2.45, 2.75) is 26.8 Å². The lowest BCUT2D eigenvalue weighted by molar-refractivity contribution is 0.617. The number of nitrogens with one attached hydrogen (secondary N) is 1. The molecule has 108 valence electrons. The Bertz CT molecular complexity index is 543. The average molecular weight is 294 g/mol. The van der Waals surface area contributed by atoms with Crippen LogP contribution in [0.3, 0.4) is 0 Å². The Labute approximate surface area is 122 Å². The van der Waals surface area contributed by atoms with Gasteiger partial charge >= 0.3 is 0 Å². The molecule has 20 heavy (non-hydrogen) atoms. The van der Waals surface area contributed by atoms with E-state index in [1.54, 1.807) is 12.1 Å². The van der Waals surface area contributed by atoms with Crippen LogP contribution in [0.5, 0.6) is 0 Å². The Morgan fingerprint density at radius 1 is 1.25 bits per heavy atom. The number of nitrogens with zero attached hydrogens (tertiary/aromatic N) is 3. The Balaban J connectivity index is 2.07. The van der Waals surface area contributed by atoms with Crippen LogP contribution in [0.1, 0.15) is 25.3 Å². The fraction of sp³-hybridized carbons (Fsp3) is 0.429. The van der Waals surface area contributed by atoms with Gasteiger partial charge in [-0.2, -0.15) is 0 Å². The second-order valence-electron chi connectivity index (χ2n) is 4.39. The predicted octanol–water partition coefficient (Wildman–Crippen LogP) is 3.53. The van der Waals surface area contributed by atoms with Gasteiger partial charge in [-0.15, -0.1) is 10.2 Å². The fourth-order valence-electron chi connectivity index (χ4n) is 1.86. The van der Waals surface area contributed by atoms with E-state index in [1.165, 1.54) is 17.4 Å². The summed E-state index contributed by atoms with van der Waals surface area (Å²) in [5, 5.41) is 13.2. The van der Waals surface area contributed by atoms with E-state index in [-0.39, 0.29) is 5.82 Å². The van der Waals surface area contributed by atoms with E-state index in [1.807, 2.05) is 17.9 Å². The van der Waals surface area contributed by atoms with Crippen LogP contribution in [-0.2, 0) is 6.54 Å². The van der Waals surface area contributed by atoms with Crippen molar-refractivity contribution in [3.63, 3.8) is 0 Å². The molecule has 0 bridgehead atoms. The Kier molecular flexibility index (Phi) is 5.29. The normalized spacial score (nSPS) is 10.6. The minimum Gasteiger partial charge on any atom is -0.363 e. The smallest absolute Gasteiger partial charge is 0.205 e. The number of anilines is 2. The third-order valence-electron chi connectivity index (χ3n) is 2.89. The summed E-state index contributed by atoms with van der Waals surface area (Å²) in [6.45, 7) is 6.29. The SMILES string of the molecule is CCCNc1nnc(CN(CC)c2ccccc2F)s1. The molecule has 0 radical (unpaired) electrons. The third-order valence-corrected chi connectivity index (χ3v) is 3.76. The summed E-state index contributed by atoms with van der Waals surface area (Å²) in [6, 6.07) is 6.81. The van der Waals surface area contributed by atoms with Crippen LogP contribution in [0.15, 0.2) is 24.3 Å². The van der Waals surface area contributed by atoms with E-state index >= 15 is 0 Å². The van der Waals surface area contributed by atoms with Crippen LogP contribution in [0, 0.1) is 5.82 Å². The van der Waals surface area contributed by atoms with Gasteiger partial charge < -0.3 is 10.2 Å². The molecule has 0 fully saturated rings. The first-order valence-electron chi connectivity index (χ1n) is 6.80. The lowest BCUT2D eigenvalue weighted by Crippen LogP contribution is -2.22. The van der Waals surface area contributed by atoms with E-state index in [2.05, 4.69) is 22.4 Å². The molecule has 0 aliphatic carbocycles. The Hall–Kier alpha value is -1.69. The van der Waals surface area contributed by atoms with Crippen molar-refractivity contribution in [1.82, 2.24) is 10.2 Å². The van der Waals surface area contributed by atoms with E-state index in [0.29, 0.717) is 12.2 Å². The predicted molar refractivity (Wildman–Crippen MR) is 81.8 cm³/mol. The second kappa shape index (κ2) is 7.19. The fourth-order valence-corrected chi connectivity index (χ4v) is 2.64. The molecule has 1 aromatic heterocycles. The van der Waals surface area contributed by atoms with Crippen LogP contribution >= 0.6 is 11.3 Å². The van der Waals surface area contributed by atoms with Gasteiger partial charge in [-0.05, 0) is 25.5 Å². The summed E-state index contributed by atoms with van der Waals surface area (Å²) in [4.78, 5) is 1.96. The zero-order chi connectivity index (χ0) is 14.4. The van der Waals surface area contributed by atoms with Crippen LogP contribution < -0.4 is 10.2 Å². The molecule has 1 N–H and O–H groups in total. The van der Waals surface area contributed by atoms with Gasteiger partial charge in [-0.3, -0.25) is 0 Å². The van der Waals surface area contributed by atoms with Crippen molar-refractivity contribution in [1.29, 1.82) is 0 Å². The maximum absolute atomic E-state index is 13.8. The van der Waals surface area contributed by atoms with Crippen LogP contribution in [0.25, 0.3) is 0 Å². The van der Waals surface area contributed by atoms with Crippen molar-refractivity contribution >= 4 is 22.2 Å². The summed E-state index contributed by atoms with van der Waals surface area (Å²) in [5.74, 6) is -0.205. The van der Waals surface area contributed by atoms with Gasteiger partial charge in [0.05, 0.1) is 12.2 Å². The first-order chi connectivity index (χ1) is 9.74. The summed E-state index contributed by atoms with van der Waals surface area (Å²) in [6.07, 6.45) is 1.05. The minimum absolute atomic E-state index is 0.205. The number of benzene rings is 1. The first kappa shape index (κ1) is 14.7. The number of aromatic nitrogens is 2. The summed E-state index contributed by atoms with van der Waals surface area (Å²) >= 11 is 1.52. The molecule has 0 unspecified atom stereocenters. The van der Waals surface area contributed by atoms with Crippen molar-refractivity contribution < 1.29 is 4.39 Å². The number of rotatable bonds is 7.